The molecule has 1 fully saturated rings. The Labute approximate surface area is 172 Å². The lowest BCUT2D eigenvalue weighted by Gasteiger charge is -2.32. The van der Waals surface area contributed by atoms with E-state index in [2.05, 4.69) is 15.6 Å². The number of carbonyl (C=O) groups excluding carboxylic acids is 2. The Hall–Kier alpha value is -3.00. The number of anilines is 1. The van der Waals surface area contributed by atoms with Crippen molar-refractivity contribution < 1.29 is 14.0 Å². The molecule has 1 aromatic heterocycles. The van der Waals surface area contributed by atoms with Crippen molar-refractivity contribution in [3.8, 4) is 0 Å². The minimum atomic E-state index is -0.104. The van der Waals surface area contributed by atoms with E-state index in [9.17, 15) is 9.59 Å². The smallest absolute Gasteiger partial charge is 0.321 e. The van der Waals surface area contributed by atoms with Gasteiger partial charge in [0, 0.05) is 24.8 Å². The van der Waals surface area contributed by atoms with E-state index in [0.29, 0.717) is 18.3 Å². The van der Waals surface area contributed by atoms with Crippen LogP contribution in [0, 0.1) is 0 Å². The number of nitrogens with zero attached hydrogens (tertiary/aromatic N) is 2. The summed E-state index contributed by atoms with van der Waals surface area (Å²) >= 11 is 1.29. The average Bonchev–Trinajstić information content (AvgIpc) is 3.17. The molecular formula is C21H22N4O3S. The van der Waals surface area contributed by atoms with Gasteiger partial charge in [-0.3, -0.25) is 4.79 Å². The Morgan fingerprint density at radius 3 is 2.55 bits per heavy atom. The van der Waals surface area contributed by atoms with E-state index in [1.165, 1.54) is 11.8 Å². The number of fused-ring (bicyclic) bond motifs is 1. The third-order valence-electron chi connectivity index (χ3n) is 4.77. The van der Waals surface area contributed by atoms with Gasteiger partial charge in [-0.25, -0.2) is 9.78 Å². The van der Waals surface area contributed by atoms with E-state index in [4.69, 9.17) is 4.42 Å². The summed E-state index contributed by atoms with van der Waals surface area (Å²) in [6.45, 7) is 1.23. The Morgan fingerprint density at radius 1 is 1.07 bits per heavy atom. The van der Waals surface area contributed by atoms with Crippen LogP contribution in [0.3, 0.4) is 0 Å². The lowest BCUT2D eigenvalue weighted by Crippen LogP contribution is -2.48. The molecule has 8 heteroatoms. The predicted molar refractivity (Wildman–Crippen MR) is 113 cm³/mol. The number of piperidine rings is 1. The van der Waals surface area contributed by atoms with Crippen molar-refractivity contribution in [2.75, 3.05) is 24.2 Å². The van der Waals surface area contributed by atoms with Crippen LogP contribution < -0.4 is 10.6 Å². The SMILES string of the molecule is O=C(CSc1nc2ccccc2o1)NC1CCN(C(=O)Nc2ccccc2)CC1. The zero-order valence-electron chi connectivity index (χ0n) is 15.8. The molecule has 1 aliphatic heterocycles. The molecule has 2 N–H and O–H groups in total. The van der Waals surface area contributed by atoms with Gasteiger partial charge in [-0.15, -0.1) is 0 Å². The van der Waals surface area contributed by atoms with Crippen molar-refractivity contribution in [1.82, 2.24) is 15.2 Å². The van der Waals surface area contributed by atoms with Crippen LogP contribution >= 0.6 is 11.8 Å². The molecule has 29 heavy (non-hydrogen) atoms. The summed E-state index contributed by atoms with van der Waals surface area (Å²) < 4.78 is 5.62. The van der Waals surface area contributed by atoms with Crippen molar-refractivity contribution >= 4 is 40.5 Å². The minimum Gasteiger partial charge on any atom is -0.431 e. The maximum absolute atomic E-state index is 12.3. The van der Waals surface area contributed by atoms with E-state index in [1.54, 1.807) is 4.90 Å². The lowest BCUT2D eigenvalue weighted by molar-refractivity contribution is -0.119. The van der Waals surface area contributed by atoms with Crippen LogP contribution in [0.25, 0.3) is 11.1 Å². The molecule has 0 aliphatic carbocycles. The number of urea groups is 1. The maximum atomic E-state index is 12.3. The van der Waals surface area contributed by atoms with Crippen LogP contribution in [0.15, 0.2) is 64.2 Å². The third kappa shape index (κ3) is 5.08. The van der Waals surface area contributed by atoms with Crippen LogP contribution in [0.1, 0.15) is 12.8 Å². The molecule has 0 spiro atoms. The van der Waals surface area contributed by atoms with E-state index in [1.807, 2.05) is 54.6 Å². The zero-order chi connectivity index (χ0) is 20.1. The van der Waals surface area contributed by atoms with Crippen molar-refractivity contribution in [2.45, 2.75) is 24.1 Å². The Kier molecular flexibility index (Phi) is 6.00. The highest BCUT2D eigenvalue weighted by Gasteiger charge is 2.24. The van der Waals surface area contributed by atoms with Gasteiger partial charge in [0.1, 0.15) is 5.52 Å². The standard InChI is InChI=1S/C21H22N4O3S/c26-19(14-29-21-24-17-8-4-5-9-18(17)28-21)22-16-10-12-25(13-11-16)20(27)23-15-6-2-1-3-7-15/h1-9,16H,10-14H2,(H,22,26)(H,23,27). The van der Waals surface area contributed by atoms with E-state index >= 15 is 0 Å². The topological polar surface area (TPSA) is 87.5 Å². The quantitative estimate of drug-likeness (QED) is 0.626. The maximum Gasteiger partial charge on any atom is 0.321 e. The molecule has 3 aromatic rings. The first kappa shape index (κ1) is 19.3. The molecule has 2 heterocycles. The number of aromatic nitrogens is 1. The fourth-order valence-electron chi connectivity index (χ4n) is 3.26. The fourth-order valence-corrected chi connectivity index (χ4v) is 3.91. The van der Waals surface area contributed by atoms with Crippen molar-refractivity contribution in [3.05, 3.63) is 54.6 Å². The van der Waals surface area contributed by atoms with E-state index < -0.39 is 0 Å². The molecule has 2 aromatic carbocycles. The van der Waals surface area contributed by atoms with Crippen LogP contribution in [0.5, 0.6) is 0 Å². The molecule has 7 nitrogen and oxygen atoms in total. The highest BCUT2D eigenvalue weighted by Crippen LogP contribution is 2.23. The molecular weight excluding hydrogens is 388 g/mol. The van der Waals surface area contributed by atoms with Crippen molar-refractivity contribution in [2.24, 2.45) is 0 Å². The first-order valence-corrected chi connectivity index (χ1v) is 10.5. The molecule has 0 bridgehead atoms. The highest BCUT2D eigenvalue weighted by molar-refractivity contribution is 7.99. The van der Waals surface area contributed by atoms with Crippen molar-refractivity contribution in [3.63, 3.8) is 0 Å². The first-order valence-electron chi connectivity index (χ1n) is 9.56. The van der Waals surface area contributed by atoms with E-state index in [0.717, 1.165) is 29.6 Å². The van der Waals surface area contributed by atoms with Gasteiger partial charge in [0.25, 0.3) is 5.22 Å². The van der Waals surface area contributed by atoms with E-state index in [-0.39, 0.29) is 23.7 Å². The van der Waals surface area contributed by atoms with Crippen molar-refractivity contribution in [1.29, 1.82) is 0 Å². The number of benzene rings is 2. The Morgan fingerprint density at radius 2 is 1.79 bits per heavy atom. The zero-order valence-corrected chi connectivity index (χ0v) is 16.7. The van der Waals surface area contributed by atoms with Crippen LogP contribution in [0.4, 0.5) is 10.5 Å². The van der Waals surface area contributed by atoms with Gasteiger partial charge >= 0.3 is 6.03 Å². The Bertz CT molecular complexity index is 951. The summed E-state index contributed by atoms with van der Waals surface area (Å²) in [5.41, 5.74) is 2.29. The highest BCUT2D eigenvalue weighted by atomic mass is 32.2. The second kappa shape index (κ2) is 9.00. The molecule has 4 rings (SSSR count). The number of para-hydroxylation sites is 3. The van der Waals surface area contributed by atoms with Gasteiger partial charge in [-0.2, -0.15) is 0 Å². The second-order valence-electron chi connectivity index (χ2n) is 6.86. The number of likely N-dealkylation sites (tertiary alicyclic amines) is 1. The molecule has 1 saturated heterocycles. The second-order valence-corrected chi connectivity index (χ2v) is 7.79. The summed E-state index contributed by atoms with van der Waals surface area (Å²) in [6, 6.07) is 16.9. The number of hydrogen-bond acceptors (Lipinski definition) is 5. The van der Waals surface area contributed by atoms with Gasteiger partial charge in [-0.1, -0.05) is 42.1 Å². The number of hydrogen-bond donors (Lipinski definition) is 2. The molecule has 0 saturated carbocycles. The predicted octanol–water partition coefficient (Wildman–Crippen LogP) is 3.73. The van der Waals surface area contributed by atoms with Gasteiger partial charge in [-0.05, 0) is 37.1 Å². The van der Waals surface area contributed by atoms with Gasteiger partial charge in [0.05, 0.1) is 5.75 Å². The van der Waals surface area contributed by atoms with Crippen LogP contribution in [0.2, 0.25) is 0 Å². The summed E-state index contributed by atoms with van der Waals surface area (Å²) in [7, 11) is 0. The van der Waals surface area contributed by atoms with Gasteiger partial charge in [0.15, 0.2) is 5.58 Å². The number of thioether (sulfide) groups is 1. The molecule has 0 unspecified atom stereocenters. The molecule has 0 atom stereocenters. The normalized spacial score (nSPS) is 14.7. The molecule has 0 radical (unpaired) electrons. The summed E-state index contributed by atoms with van der Waals surface area (Å²) in [5.74, 6) is 0.200. The minimum absolute atomic E-state index is 0.0514. The van der Waals surface area contributed by atoms with Gasteiger partial charge < -0.3 is 20.0 Å². The Balaban J connectivity index is 1.20. The largest absolute Gasteiger partial charge is 0.431 e. The number of nitrogens with one attached hydrogen (secondary N) is 2. The molecule has 1 aliphatic rings. The average molecular weight is 410 g/mol. The fraction of sp³-hybridized carbons (Fsp3) is 0.286. The third-order valence-corrected chi connectivity index (χ3v) is 5.60. The number of carbonyl (C=O) groups is 2. The summed E-state index contributed by atoms with van der Waals surface area (Å²) in [6.07, 6.45) is 1.48. The van der Waals surface area contributed by atoms with Crippen LogP contribution in [-0.2, 0) is 4.79 Å². The summed E-state index contributed by atoms with van der Waals surface area (Å²) in [4.78, 5) is 30.7. The number of oxazole rings is 1. The molecule has 3 amide bonds. The van der Waals surface area contributed by atoms with Crippen LogP contribution in [-0.4, -0.2) is 46.7 Å². The number of rotatable bonds is 5. The number of amides is 3. The monoisotopic (exact) mass is 410 g/mol. The van der Waals surface area contributed by atoms with Gasteiger partial charge in [0.2, 0.25) is 5.91 Å². The lowest BCUT2D eigenvalue weighted by atomic mass is 10.1. The molecule has 150 valence electrons. The first-order chi connectivity index (χ1) is 14.2. The summed E-state index contributed by atoms with van der Waals surface area (Å²) in [5, 5.41) is 6.43.